The van der Waals surface area contributed by atoms with Gasteiger partial charge in [-0.1, -0.05) is 43.3 Å². The number of likely N-dealkylation sites (tertiary alicyclic amines) is 1. The first-order chi connectivity index (χ1) is 12.5. The van der Waals surface area contributed by atoms with Crippen molar-refractivity contribution in [2.24, 2.45) is 5.41 Å². The number of allylic oxidation sites excluding steroid dienone is 1. The predicted octanol–water partition coefficient (Wildman–Crippen LogP) is 3.29. The summed E-state index contributed by atoms with van der Waals surface area (Å²) in [5, 5.41) is 0. The fraction of sp³-hybridized carbons (Fsp3) is 0.400. The minimum Gasteiger partial charge on any atom is -0.504 e. The van der Waals surface area contributed by atoms with Gasteiger partial charge in [-0.05, 0) is 17.6 Å². The Bertz CT molecular complexity index is 685. The maximum Gasteiger partial charge on any atom is 0.411 e. The first-order valence-corrected chi connectivity index (χ1v) is 8.36. The van der Waals surface area contributed by atoms with Crippen molar-refractivity contribution in [1.29, 1.82) is 0 Å². The molecular weight excluding hydrogens is 334 g/mol. The van der Waals surface area contributed by atoms with Crippen molar-refractivity contribution in [3.8, 4) is 0 Å². The first kappa shape index (κ1) is 19.6. The van der Waals surface area contributed by atoms with Gasteiger partial charge >= 0.3 is 12.1 Å². The Morgan fingerprint density at radius 3 is 2.58 bits per heavy atom. The molecule has 140 valence electrons. The molecule has 0 N–H and O–H groups in total. The lowest BCUT2D eigenvalue weighted by atomic mass is 9.76. The molecule has 1 heterocycles. The molecule has 1 fully saturated rings. The van der Waals surface area contributed by atoms with Gasteiger partial charge in [0, 0.05) is 12.0 Å². The van der Waals surface area contributed by atoms with Crippen LogP contribution in [0.4, 0.5) is 4.79 Å². The monoisotopic (exact) mass is 359 g/mol. The largest absolute Gasteiger partial charge is 0.504 e. The molecule has 1 aliphatic rings. The lowest BCUT2D eigenvalue weighted by Crippen LogP contribution is -2.47. The van der Waals surface area contributed by atoms with Gasteiger partial charge in [0.1, 0.15) is 12.6 Å². The van der Waals surface area contributed by atoms with Crippen LogP contribution < -0.4 is 0 Å². The van der Waals surface area contributed by atoms with Gasteiger partial charge in [0.05, 0.1) is 20.5 Å². The van der Waals surface area contributed by atoms with Crippen molar-refractivity contribution in [3.05, 3.63) is 60.4 Å². The van der Waals surface area contributed by atoms with E-state index in [4.69, 9.17) is 14.2 Å². The van der Waals surface area contributed by atoms with E-state index in [0.717, 1.165) is 11.1 Å². The van der Waals surface area contributed by atoms with Crippen LogP contribution in [0.5, 0.6) is 0 Å². The van der Waals surface area contributed by atoms with Crippen molar-refractivity contribution in [2.45, 2.75) is 26.0 Å². The Morgan fingerprint density at radius 1 is 1.31 bits per heavy atom. The van der Waals surface area contributed by atoms with Crippen LogP contribution in [0.3, 0.4) is 0 Å². The molecule has 1 amide bonds. The van der Waals surface area contributed by atoms with E-state index in [2.05, 4.69) is 6.58 Å². The fourth-order valence-electron chi connectivity index (χ4n) is 3.30. The SMILES string of the molecule is C=CC[C@]1(C)/C(=C/OC)CN(C(=O)OCc2ccccc2)[C@@H]1C(=O)OC. The van der Waals surface area contributed by atoms with E-state index in [1.807, 2.05) is 37.3 Å². The Kier molecular flexibility index (Phi) is 6.44. The molecule has 26 heavy (non-hydrogen) atoms. The highest BCUT2D eigenvalue weighted by molar-refractivity contribution is 5.84. The van der Waals surface area contributed by atoms with Gasteiger partial charge in [-0.2, -0.15) is 0 Å². The van der Waals surface area contributed by atoms with Gasteiger partial charge in [0.2, 0.25) is 0 Å². The van der Waals surface area contributed by atoms with Crippen molar-refractivity contribution in [3.63, 3.8) is 0 Å². The van der Waals surface area contributed by atoms with Crippen LogP contribution in [-0.4, -0.2) is 43.8 Å². The Hall–Kier alpha value is -2.76. The summed E-state index contributed by atoms with van der Waals surface area (Å²) in [5.41, 5.74) is 1.01. The molecule has 1 aliphatic heterocycles. The summed E-state index contributed by atoms with van der Waals surface area (Å²) in [5.74, 6) is -0.495. The smallest absolute Gasteiger partial charge is 0.411 e. The predicted molar refractivity (Wildman–Crippen MR) is 97.2 cm³/mol. The standard InChI is InChI=1S/C20H25NO5/c1-5-11-20(2)16(14-24-3)12-21(17(20)18(22)25-4)19(23)26-13-15-9-7-6-8-10-15/h5-10,14,17H,1,11-13H2,2-4H3/b16-14+/t17-,20-/m1/s1. The number of carbonyl (C=O) groups is 2. The Morgan fingerprint density at radius 2 is 2.00 bits per heavy atom. The average molecular weight is 359 g/mol. The van der Waals surface area contributed by atoms with Crippen LogP contribution in [0.15, 0.2) is 54.8 Å². The Balaban J connectivity index is 2.26. The van der Waals surface area contributed by atoms with E-state index in [0.29, 0.717) is 6.42 Å². The van der Waals surface area contributed by atoms with Crippen LogP contribution in [0, 0.1) is 5.41 Å². The van der Waals surface area contributed by atoms with Crippen molar-refractivity contribution in [2.75, 3.05) is 20.8 Å². The van der Waals surface area contributed by atoms with Crippen LogP contribution in [0.2, 0.25) is 0 Å². The number of benzene rings is 1. The van der Waals surface area contributed by atoms with Crippen molar-refractivity contribution in [1.82, 2.24) is 4.90 Å². The molecule has 0 aliphatic carbocycles. The highest BCUT2D eigenvalue weighted by Gasteiger charge is 2.54. The minimum absolute atomic E-state index is 0.131. The molecule has 0 aromatic heterocycles. The number of hydrogen-bond donors (Lipinski definition) is 0. The lowest BCUT2D eigenvalue weighted by Gasteiger charge is -2.32. The molecule has 1 saturated heterocycles. The number of rotatable bonds is 6. The zero-order chi connectivity index (χ0) is 19.2. The molecule has 2 atom stereocenters. The molecule has 6 heteroatoms. The van der Waals surface area contributed by atoms with Crippen LogP contribution in [-0.2, 0) is 25.6 Å². The number of ether oxygens (including phenoxy) is 3. The second-order valence-corrected chi connectivity index (χ2v) is 6.38. The summed E-state index contributed by atoms with van der Waals surface area (Å²) < 4.78 is 15.5. The second-order valence-electron chi connectivity index (χ2n) is 6.38. The summed E-state index contributed by atoms with van der Waals surface area (Å²) in [4.78, 5) is 26.6. The maximum atomic E-state index is 12.7. The van der Waals surface area contributed by atoms with Gasteiger partial charge in [0.15, 0.2) is 0 Å². The fourth-order valence-corrected chi connectivity index (χ4v) is 3.30. The molecule has 6 nitrogen and oxygen atoms in total. The number of amides is 1. The number of nitrogens with zero attached hydrogens (tertiary/aromatic N) is 1. The van der Waals surface area contributed by atoms with Crippen molar-refractivity contribution < 1.29 is 23.8 Å². The van der Waals surface area contributed by atoms with Gasteiger partial charge in [-0.15, -0.1) is 6.58 Å². The second kappa shape index (κ2) is 8.56. The van der Waals surface area contributed by atoms with Gasteiger partial charge < -0.3 is 14.2 Å². The third-order valence-corrected chi connectivity index (χ3v) is 4.68. The Labute approximate surface area is 154 Å². The topological polar surface area (TPSA) is 65.1 Å². The average Bonchev–Trinajstić information content (AvgIpc) is 2.93. The molecule has 1 aromatic rings. The zero-order valence-electron chi connectivity index (χ0n) is 15.4. The summed E-state index contributed by atoms with van der Waals surface area (Å²) in [6.45, 7) is 6.03. The minimum atomic E-state index is -0.810. The van der Waals surface area contributed by atoms with Crippen molar-refractivity contribution >= 4 is 12.1 Å². The first-order valence-electron chi connectivity index (χ1n) is 8.36. The molecule has 0 bridgehead atoms. The molecule has 0 radical (unpaired) electrons. The quantitative estimate of drug-likeness (QED) is 0.443. The van der Waals surface area contributed by atoms with Crippen LogP contribution in [0.25, 0.3) is 0 Å². The van der Waals surface area contributed by atoms with Gasteiger partial charge in [-0.3, -0.25) is 4.90 Å². The third kappa shape index (κ3) is 3.90. The summed E-state index contributed by atoms with van der Waals surface area (Å²) in [6.07, 6.45) is 3.21. The molecule has 0 saturated carbocycles. The van der Waals surface area contributed by atoms with E-state index in [9.17, 15) is 9.59 Å². The zero-order valence-corrected chi connectivity index (χ0v) is 15.4. The number of carbonyl (C=O) groups excluding carboxylic acids is 2. The number of methoxy groups -OCH3 is 2. The number of hydrogen-bond acceptors (Lipinski definition) is 5. The van der Waals surface area contributed by atoms with Gasteiger partial charge in [-0.25, -0.2) is 9.59 Å². The van der Waals surface area contributed by atoms with Crippen LogP contribution in [0.1, 0.15) is 18.9 Å². The molecule has 2 rings (SSSR count). The number of esters is 1. The van der Waals surface area contributed by atoms with E-state index in [1.165, 1.54) is 19.1 Å². The van der Waals surface area contributed by atoms with E-state index < -0.39 is 23.5 Å². The van der Waals surface area contributed by atoms with Crippen LogP contribution >= 0.6 is 0 Å². The van der Waals surface area contributed by atoms with Gasteiger partial charge in [0.25, 0.3) is 0 Å². The summed E-state index contributed by atoms with van der Waals surface area (Å²) in [6, 6.07) is 8.56. The van der Waals surface area contributed by atoms with E-state index in [-0.39, 0.29) is 13.2 Å². The molecular formula is C20H25NO5. The maximum absolute atomic E-state index is 12.7. The highest BCUT2D eigenvalue weighted by atomic mass is 16.6. The van der Waals surface area contributed by atoms with E-state index >= 15 is 0 Å². The molecule has 1 aromatic carbocycles. The molecule has 0 unspecified atom stereocenters. The third-order valence-electron chi connectivity index (χ3n) is 4.68. The van der Waals surface area contributed by atoms with E-state index in [1.54, 1.807) is 12.3 Å². The summed E-state index contributed by atoms with van der Waals surface area (Å²) in [7, 11) is 2.84. The highest BCUT2D eigenvalue weighted by Crippen LogP contribution is 2.45. The lowest BCUT2D eigenvalue weighted by molar-refractivity contribution is -0.148. The summed E-state index contributed by atoms with van der Waals surface area (Å²) >= 11 is 0. The normalized spacial score (nSPS) is 23.6. The molecule has 0 spiro atoms.